The van der Waals surface area contributed by atoms with E-state index < -0.39 is 0 Å². The molecule has 0 bridgehead atoms. The summed E-state index contributed by atoms with van der Waals surface area (Å²) in [6.07, 6.45) is 19.9. The van der Waals surface area contributed by atoms with Gasteiger partial charge < -0.3 is 4.74 Å². The quantitative estimate of drug-likeness (QED) is 0.446. The van der Waals surface area contributed by atoms with Crippen LogP contribution >= 0.6 is 0 Å². The molecule has 1 aliphatic rings. The van der Waals surface area contributed by atoms with Crippen molar-refractivity contribution in [3.05, 3.63) is 12.2 Å². The summed E-state index contributed by atoms with van der Waals surface area (Å²) >= 11 is 0. The van der Waals surface area contributed by atoms with Gasteiger partial charge in [0.2, 0.25) is 0 Å². The van der Waals surface area contributed by atoms with Crippen LogP contribution in [0.4, 0.5) is 0 Å². The zero-order valence-electron chi connectivity index (χ0n) is 12.4. The van der Waals surface area contributed by atoms with Gasteiger partial charge in [0.15, 0.2) is 0 Å². The van der Waals surface area contributed by atoms with Gasteiger partial charge in [0.25, 0.3) is 0 Å². The molecule has 0 aromatic rings. The van der Waals surface area contributed by atoms with E-state index in [-0.39, 0.29) is 5.97 Å². The smallest absolute Gasteiger partial charge is 0.305 e. The number of esters is 1. The Morgan fingerprint density at radius 1 is 0.684 bits per heavy atom. The highest BCUT2D eigenvalue weighted by Gasteiger charge is 2.02. The summed E-state index contributed by atoms with van der Waals surface area (Å²) in [5.41, 5.74) is 0. The second-order valence-corrected chi connectivity index (χ2v) is 5.55. The zero-order chi connectivity index (χ0) is 13.6. The molecule has 0 aromatic carbocycles. The van der Waals surface area contributed by atoms with Crippen LogP contribution in [0.5, 0.6) is 0 Å². The lowest BCUT2D eigenvalue weighted by molar-refractivity contribution is -0.143. The first-order valence-corrected chi connectivity index (χ1v) is 8.20. The van der Waals surface area contributed by atoms with E-state index in [0.29, 0.717) is 13.0 Å². The average Bonchev–Trinajstić information content (AvgIpc) is 2.41. The maximum absolute atomic E-state index is 11.4. The van der Waals surface area contributed by atoms with Gasteiger partial charge in [-0.05, 0) is 38.5 Å². The summed E-state index contributed by atoms with van der Waals surface area (Å²) in [6, 6.07) is 0. The van der Waals surface area contributed by atoms with E-state index in [1.807, 2.05) is 0 Å². The van der Waals surface area contributed by atoms with Crippen molar-refractivity contribution in [1.29, 1.82) is 0 Å². The molecule has 0 saturated carbocycles. The number of hydrogen-bond donors (Lipinski definition) is 0. The van der Waals surface area contributed by atoms with Gasteiger partial charge >= 0.3 is 5.97 Å². The number of carbonyl (C=O) groups excluding carboxylic acids is 1. The van der Waals surface area contributed by atoms with Crippen molar-refractivity contribution in [2.24, 2.45) is 0 Å². The van der Waals surface area contributed by atoms with Crippen molar-refractivity contribution >= 4 is 5.97 Å². The lowest BCUT2D eigenvalue weighted by Crippen LogP contribution is -2.05. The van der Waals surface area contributed by atoms with Crippen LogP contribution in [0.1, 0.15) is 83.5 Å². The van der Waals surface area contributed by atoms with Crippen LogP contribution in [0.3, 0.4) is 0 Å². The standard InChI is InChI=1S/C17H30O2/c18-17-15-13-11-9-7-5-3-1-2-4-6-8-10-12-14-16-19-17/h1,3H,2,4-16H2/b3-1+. The van der Waals surface area contributed by atoms with Gasteiger partial charge in [0.1, 0.15) is 0 Å². The highest BCUT2D eigenvalue weighted by atomic mass is 16.5. The summed E-state index contributed by atoms with van der Waals surface area (Å²) in [5, 5.41) is 0. The Bertz CT molecular complexity index is 246. The number of rotatable bonds is 0. The number of allylic oxidation sites excluding steroid dienone is 2. The van der Waals surface area contributed by atoms with E-state index in [4.69, 9.17) is 4.74 Å². The van der Waals surface area contributed by atoms with E-state index in [0.717, 1.165) is 19.3 Å². The highest BCUT2D eigenvalue weighted by Crippen LogP contribution is 2.10. The molecule has 0 saturated heterocycles. The summed E-state index contributed by atoms with van der Waals surface area (Å²) in [5.74, 6) is 0.000937. The highest BCUT2D eigenvalue weighted by molar-refractivity contribution is 5.69. The third-order valence-corrected chi connectivity index (χ3v) is 3.70. The summed E-state index contributed by atoms with van der Waals surface area (Å²) in [6.45, 7) is 0.627. The summed E-state index contributed by atoms with van der Waals surface area (Å²) in [4.78, 5) is 11.4. The Balaban J connectivity index is 2.16. The molecule has 0 N–H and O–H groups in total. The van der Waals surface area contributed by atoms with E-state index in [1.165, 1.54) is 57.8 Å². The van der Waals surface area contributed by atoms with Gasteiger partial charge in [0, 0.05) is 6.42 Å². The first-order chi connectivity index (χ1) is 9.39. The van der Waals surface area contributed by atoms with Crippen molar-refractivity contribution in [3.8, 4) is 0 Å². The minimum atomic E-state index is 0.000937. The van der Waals surface area contributed by atoms with Crippen LogP contribution in [-0.2, 0) is 9.53 Å². The van der Waals surface area contributed by atoms with Gasteiger partial charge in [-0.3, -0.25) is 4.79 Å². The minimum Gasteiger partial charge on any atom is -0.466 e. The second-order valence-electron chi connectivity index (χ2n) is 5.55. The van der Waals surface area contributed by atoms with Crippen LogP contribution in [0.15, 0.2) is 12.2 Å². The molecule has 0 spiro atoms. The SMILES string of the molecule is O=C1CCCCCC/C=C/CCCCCCCCO1. The van der Waals surface area contributed by atoms with Crippen LogP contribution in [0.25, 0.3) is 0 Å². The molecule has 19 heavy (non-hydrogen) atoms. The van der Waals surface area contributed by atoms with Crippen LogP contribution < -0.4 is 0 Å². The number of hydrogen-bond acceptors (Lipinski definition) is 2. The van der Waals surface area contributed by atoms with Crippen molar-refractivity contribution in [1.82, 2.24) is 0 Å². The average molecular weight is 266 g/mol. The van der Waals surface area contributed by atoms with Gasteiger partial charge in [0.05, 0.1) is 6.61 Å². The van der Waals surface area contributed by atoms with E-state index in [2.05, 4.69) is 12.2 Å². The fraction of sp³-hybridized carbons (Fsp3) is 0.824. The molecular weight excluding hydrogens is 236 g/mol. The molecule has 0 aromatic heterocycles. The molecule has 0 radical (unpaired) electrons. The monoisotopic (exact) mass is 266 g/mol. The maximum atomic E-state index is 11.4. The summed E-state index contributed by atoms with van der Waals surface area (Å²) in [7, 11) is 0. The fourth-order valence-corrected chi connectivity index (χ4v) is 2.45. The third-order valence-electron chi connectivity index (χ3n) is 3.70. The minimum absolute atomic E-state index is 0.000937. The molecule has 0 unspecified atom stereocenters. The number of cyclic esters (lactones) is 1. The predicted molar refractivity (Wildman–Crippen MR) is 80.1 cm³/mol. The first kappa shape index (κ1) is 16.3. The fourth-order valence-electron chi connectivity index (χ4n) is 2.45. The first-order valence-electron chi connectivity index (χ1n) is 8.20. The topological polar surface area (TPSA) is 26.3 Å². The summed E-state index contributed by atoms with van der Waals surface area (Å²) < 4.78 is 5.24. The molecule has 2 nitrogen and oxygen atoms in total. The molecule has 110 valence electrons. The molecule has 1 heterocycles. The third kappa shape index (κ3) is 10.8. The normalized spacial score (nSPS) is 23.9. The molecule has 0 amide bonds. The Kier molecular flexibility index (Phi) is 10.5. The molecule has 0 aliphatic carbocycles. The zero-order valence-corrected chi connectivity index (χ0v) is 12.4. The van der Waals surface area contributed by atoms with Crippen LogP contribution in [0, 0.1) is 0 Å². The lowest BCUT2D eigenvalue weighted by Gasteiger charge is -2.05. The van der Waals surface area contributed by atoms with Crippen molar-refractivity contribution in [2.45, 2.75) is 83.5 Å². The van der Waals surface area contributed by atoms with Crippen molar-refractivity contribution in [2.75, 3.05) is 6.61 Å². The Hall–Kier alpha value is -0.790. The van der Waals surface area contributed by atoms with Crippen LogP contribution in [-0.4, -0.2) is 12.6 Å². The molecular formula is C17H30O2. The largest absolute Gasteiger partial charge is 0.466 e. The molecule has 1 aliphatic heterocycles. The van der Waals surface area contributed by atoms with E-state index >= 15 is 0 Å². The maximum Gasteiger partial charge on any atom is 0.305 e. The lowest BCUT2D eigenvalue weighted by atomic mass is 10.1. The van der Waals surface area contributed by atoms with Gasteiger partial charge in [-0.2, -0.15) is 0 Å². The Morgan fingerprint density at radius 3 is 1.89 bits per heavy atom. The number of carbonyl (C=O) groups is 1. The van der Waals surface area contributed by atoms with Crippen molar-refractivity contribution in [3.63, 3.8) is 0 Å². The van der Waals surface area contributed by atoms with Gasteiger partial charge in [-0.1, -0.05) is 50.7 Å². The molecule has 0 fully saturated rings. The Labute approximate surface area is 118 Å². The Morgan fingerprint density at radius 2 is 1.21 bits per heavy atom. The molecule has 1 rings (SSSR count). The second kappa shape index (κ2) is 12.3. The van der Waals surface area contributed by atoms with E-state index in [9.17, 15) is 4.79 Å². The molecule has 2 heteroatoms. The predicted octanol–water partition coefficient (Wildman–Crippen LogP) is 5.17. The molecule has 0 atom stereocenters. The number of ether oxygens (including phenoxy) is 1. The van der Waals surface area contributed by atoms with Crippen LogP contribution in [0.2, 0.25) is 0 Å². The van der Waals surface area contributed by atoms with Crippen molar-refractivity contribution < 1.29 is 9.53 Å². The van der Waals surface area contributed by atoms with Gasteiger partial charge in [-0.15, -0.1) is 0 Å². The van der Waals surface area contributed by atoms with E-state index in [1.54, 1.807) is 0 Å². The van der Waals surface area contributed by atoms with Gasteiger partial charge in [-0.25, -0.2) is 0 Å².